The average molecular weight is 210 g/mol. The van der Waals surface area contributed by atoms with Gasteiger partial charge in [0.05, 0.1) is 0 Å². The summed E-state index contributed by atoms with van der Waals surface area (Å²) in [5.74, 6) is 1.91. The molecule has 2 aliphatic rings. The summed E-state index contributed by atoms with van der Waals surface area (Å²) in [6, 6.07) is 0. The molecule has 0 aromatic heterocycles. The first kappa shape index (κ1) is 11.4. The Morgan fingerprint density at radius 3 is 2.47 bits per heavy atom. The SMILES string of the molecule is NCCC1CCCN(CC2CCCC2)C1. The lowest BCUT2D eigenvalue weighted by Crippen LogP contribution is -2.38. The molecular weight excluding hydrogens is 184 g/mol. The van der Waals surface area contributed by atoms with Crippen LogP contribution in [0.5, 0.6) is 0 Å². The predicted octanol–water partition coefficient (Wildman–Crippen LogP) is 2.24. The lowest BCUT2D eigenvalue weighted by molar-refractivity contribution is 0.148. The van der Waals surface area contributed by atoms with Crippen LogP contribution >= 0.6 is 0 Å². The maximum atomic E-state index is 5.65. The van der Waals surface area contributed by atoms with E-state index in [9.17, 15) is 0 Å². The van der Waals surface area contributed by atoms with Gasteiger partial charge in [-0.25, -0.2) is 0 Å². The van der Waals surface area contributed by atoms with Crippen molar-refractivity contribution < 1.29 is 0 Å². The Balaban J connectivity index is 1.71. The van der Waals surface area contributed by atoms with Gasteiger partial charge in [0.25, 0.3) is 0 Å². The lowest BCUT2D eigenvalue weighted by atomic mass is 9.94. The Labute approximate surface area is 94.2 Å². The Bertz CT molecular complexity index is 173. The summed E-state index contributed by atoms with van der Waals surface area (Å²) in [5, 5.41) is 0. The first-order valence-electron chi connectivity index (χ1n) is 6.81. The number of hydrogen-bond acceptors (Lipinski definition) is 2. The number of rotatable bonds is 4. The van der Waals surface area contributed by atoms with Crippen LogP contribution in [0, 0.1) is 11.8 Å². The summed E-state index contributed by atoms with van der Waals surface area (Å²) in [6.07, 6.45) is 9.97. The molecule has 1 heterocycles. The van der Waals surface area contributed by atoms with Gasteiger partial charge in [0.2, 0.25) is 0 Å². The lowest BCUT2D eigenvalue weighted by Gasteiger charge is -2.34. The zero-order chi connectivity index (χ0) is 10.5. The number of nitrogens with zero attached hydrogens (tertiary/aromatic N) is 1. The highest BCUT2D eigenvalue weighted by Gasteiger charge is 2.23. The molecule has 1 aliphatic heterocycles. The van der Waals surface area contributed by atoms with Crippen LogP contribution in [0.2, 0.25) is 0 Å². The molecule has 2 rings (SSSR count). The van der Waals surface area contributed by atoms with Crippen LogP contribution in [0.3, 0.4) is 0 Å². The maximum Gasteiger partial charge on any atom is 0.00103 e. The van der Waals surface area contributed by atoms with Gasteiger partial charge in [-0.05, 0) is 57.0 Å². The third kappa shape index (κ3) is 3.46. The molecule has 0 spiro atoms. The second-order valence-corrected chi connectivity index (χ2v) is 5.50. The molecule has 2 heteroatoms. The monoisotopic (exact) mass is 210 g/mol. The number of likely N-dealkylation sites (tertiary alicyclic amines) is 1. The van der Waals surface area contributed by atoms with Crippen molar-refractivity contribution in [2.75, 3.05) is 26.2 Å². The Hall–Kier alpha value is -0.0800. The van der Waals surface area contributed by atoms with Crippen molar-refractivity contribution >= 4 is 0 Å². The normalized spacial score (nSPS) is 29.8. The van der Waals surface area contributed by atoms with Crippen molar-refractivity contribution in [2.24, 2.45) is 17.6 Å². The van der Waals surface area contributed by atoms with Crippen molar-refractivity contribution in [3.05, 3.63) is 0 Å². The highest BCUT2D eigenvalue weighted by Crippen LogP contribution is 2.27. The van der Waals surface area contributed by atoms with E-state index in [1.54, 1.807) is 0 Å². The van der Waals surface area contributed by atoms with E-state index in [-0.39, 0.29) is 0 Å². The van der Waals surface area contributed by atoms with E-state index < -0.39 is 0 Å². The maximum absolute atomic E-state index is 5.65. The van der Waals surface area contributed by atoms with E-state index in [0.29, 0.717) is 0 Å². The largest absolute Gasteiger partial charge is 0.330 e. The molecule has 2 nitrogen and oxygen atoms in total. The van der Waals surface area contributed by atoms with Crippen molar-refractivity contribution in [1.29, 1.82) is 0 Å². The van der Waals surface area contributed by atoms with Gasteiger partial charge < -0.3 is 10.6 Å². The summed E-state index contributed by atoms with van der Waals surface area (Å²) in [4.78, 5) is 2.71. The summed E-state index contributed by atoms with van der Waals surface area (Å²) in [5.41, 5.74) is 5.65. The molecule has 0 aromatic rings. The van der Waals surface area contributed by atoms with Gasteiger partial charge in [-0.15, -0.1) is 0 Å². The molecule has 2 fully saturated rings. The first-order valence-corrected chi connectivity index (χ1v) is 6.81. The minimum atomic E-state index is 0.877. The molecule has 0 radical (unpaired) electrons. The molecule has 1 saturated heterocycles. The van der Waals surface area contributed by atoms with Crippen LogP contribution in [0.1, 0.15) is 44.9 Å². The van der Waals surface area contributed by atoms with E-state index in [1.807, 2.05) is 0 Å². The van der Waals surface area contributed by atoms with Crippen molar-refractivity contribution in [3.8, 4) is 0 Å². The molecule has 1 atom stereocenters. The number of nitrogens with two attached hydrogens (primary N) is 1. The highest BCUT2D eigenvalue weighted by molar-refractivity contribution is 4.77. The molecular formula is C13H26N2. The Kier molecular flexibility index (Phi) is 4.45. The van der Waals surface area contributed by atoms with Crippen LogP contribution in [-0.4, -0.2) is 31.1 Å². The van der Waals surface area contributed by atoms with Gasteiger partial charge in [-0.1, -0.05) is 12.8 Å². The Morgan fingerprint density at radius 1 is 1.00 bits per heavy atom. The van der Waals surface area contributed by atoms with E-state index in [4.69, 9.17) is 5.73 Å². The molecule has 1 unspecified atom stereocenters. The summed E-state index contributed by atoms with van der Waals surface area (Å²) >= 11 is 0. The molecule has 1 aliphatic carbocycles. The third-order valence-electron chi connectivity index (χ3n) is 4.17. The minimum absolute atomic E-state index is 0.877. The van der Waals surface area contributed by atoms with Crippen LogP contribution in [0.4, 0.5) is 0 Å². The summed E-state index contributed by atoms with van der Waals surface area (Å²) in [6.45, 7) is 4.92. The van der Waals surface area contributed by atoms with Crippen LogP contribution in [-0.2, 0) is 0 Å². The van der Waals surface area contributed by atoms with Crippen molar-refractivity contribution in [1.82, 2.24) is 4.90 Å². The van der Waals surface area contributed by atoms with Crippen molar-refractivity contribution in [3.63, 3.8) is 0 Å². The van der Waals surface area contributed by atoms with Gasteiger partial charge in [0, 0.05) is 13.1 Å². The summed E-state index contributed by atoms with van der Waals surface area (Å²) < 4.78 is 0. The smallest absolute Gasteiger partial charge is 0.00103 e. The van der Waals surface area contributed by atoms with Gasteiger partial charge >= 0.3 is 0 Å². The molecule has 0 bridgehead atoms. The van der Waals surface area contributed by atoms with Crippen LogP contribution in [0.25, 0.3) is 0 Å². The van der Waals surface area contributed by atoms with Crippen LogP contribution in [0.15, 0.2) is 0 Å². The van der Waals surface area contributed by atoms with E-state index in [1.165, 1.54) is 64.6 Å². The van der Waals surface area contributed by atoms with Gasteiger partial charge in [0.15, 0.2) is 0 Å². The van der Waals surface area contributed by atoms with E-state index in [0.717, 1.165) is 18.4 Å². The molecule has 2 N–H and O–H groups in total. The van der Waals surface area contributed by atoms with Gasteiger partial charge in [0.1, 0.15) is 0 Å². The fourth-order valence-corrected chi connectivity index (χ4v) is 3.35. The predicted molar refractivity (Wildman–Crippen MR) is 64.8 cm³/mol. The average Bonchev–Trinajstić information content (AvgIpc) is 2.71. The second-order valence-electron chi connectivity index (χ2n) is 5.50. The molecule has 0 aromatic carbocycles. The molecule has 88 valence electrons. The molecule has 0 amide bonds. The van der Waals surface area contributed by atoms with Crippen molar-refractivity contribution in [2.45, 2.75) is 44.9 Å². The quantitative estimate of drug-likeness (QED) is 0.771. The molecule has 1 saturated carbocycles. The fourth-order valence-electron chi connectivity index (χ4n) is 3.35. The number of piperidine rings is 1. The summed E-state index contributed by atoms with van der Waals surface area (Å²) in [7, 11) is 0. The van der Waals surface area contributed by atoms with E-state index >= 15 is 0 Å². The first-order chi connectivity index (χ1) is 7.38. The Morgan fingerprint density at radius 2 is 1.73 bits per heavy atom. The van der Waals surface area contributed by atoms with E-state index in [2.05, 4.69) is 4.90 Å². The van der Waals surface area contributed by atoms with Gasteiger partial charge in [-0.2, -0.15) is 0 Å². The number of hydrogen-bond donors (Lipinski definition) is 1. The fraction of sp³-hybridized carbons (Fsp3) is 1.00. The highest BCUT2D eigenvalue weighted by atomic mass is 15.1. The van der Waals surface area contributed by atoms with Gasteiger partial charge in [-0.3, -0.25) is 0 Å². The van der Waals surface area contributed by atoms with Crippen LogP contribution < -0.4 is 5.73 Å². The minimum Gasteiger partial charge on any atom is -0.330 e. The standard InChI is InChI=1S/C13H26N2/c14-8-7-13-6-3-9-15(11-13)10-12-4-1-2-5-12/h12-13H,1-11,14H2. The topological polar surface area (TPSA) is 29.3 Å². The second kappa shape index (κ2) is 5.86. The zero-order valence-electron chi connectivity index (χ0n) is 9.96. The zero-order valence-corrected chi connectivity index (χ0v) is 9.96. The third-order valence-corrected chi connectivity index (χ3v) is 4.17. The molecule has 15 heavy (non-hydrogen) atoms.